The van der Waals surface area contributed by atoms with E-state index in [-0.39, 0.29) is 51.8 Å². The third kappa shape index (κ3) is 8.11. The third-order valence-corrected chi connectivity index (χ3v) is 17.5. The van der Waals surface area contributed by atoms with E-state index in [9.17, 15) is 24.6 Å². The number of hydrogen-bond acceptors (Lipinski definition) is 9. The number of aromatic nitrogens is 1. The predicted octanol–water partition coefficient (Wildman–Crippen LogP) is 8.22. The van der Waals surface area contributed by atoms with Gasteiger partial charge < -0.3 is 24.6 Å². The minimum Gasteiger partial charge on any atom is -0.481 e. The molecular weight excluding hydrogens is 743 g/mol. The zero-order valence-corrected chi connectivity index (χ0v) is 38.4. The molecule has 0 unspecified atom stereocenters. The molecule has 59 heavy (non-hydrogen) atoms. The van der Waals surface area contributed by atoms with Crippen molar-refractivity contribution >= 4 is 17.7 Å². The van der Waals surface area contributed by atoms with Gasteiger partial charge in [-0.15, -0.1) is 0 Å². The van der Waals surface area contributed by atoms with E-state index in [0.29, 0.717) is 38.0 Å². The SMILES string of the molecule is COCCN(C)CCN(Cc1ccccn1)C[C@H](O)[C@@]12CC[C@]3(C)[C@H](CC[C@@H]4[C@@]5(C)CC[C@H](OC(=O)CC(C)(C)C(=O)O)C(C)(C)[C@H]5CC[C@]43C)C1=C(C(C)C)C(=O)C2. The van der Waals surface area contributed by atoms with Gasteiger partial charge in [0.15, 0.2) is 5.78 Å². The highest BCUT2D eigenvalue weighted by atomic mass is 16.5. The lowest BCUT2D eigenvalue weighted by Crippen LogP contribution is -2.66. The number of ether oxygens (including phenoxy) is 2. The number of rotatable bonds is 16. The number of ketones is 1. The minimum atomic E-state index is -1.17. The lowest BCUT2D eigenvalue weighted by atomic mass is 9.33. The molecule has 0 saturated heterocycles. The van der Waals surface area contributed by atoms with E-state index in [0.717, 1.165) is 82.3 Å². The van der Waals surface area contributed by atoms with E-state index in [2.05, 4.69) is 76.4 Å². The Hall–Kier alpha value is -2.66. The molecule has 4 saturated carbocycles. The highest BCUT2D eigenvalue weighted by molar-refractivity contribution is 6.00. The Morgan fingerprint density at radius 1 is 0.949 bits per heavy atom. The summed E-state index contributed by atoms with van der Waals surface area (Å²) in [5.41, 5.74) is 1.29. The topological polar surface area (TPSA) is 130 Å². The van der Waals surface area contributed by atoms with Crippen LogP contribution in [0.1, 0.15) is 132 Å². The highest BCUT2D eigenvalue weighted by Crippen LogP contribution is 2.77. The molecule has 5 aliphatic carbocycles. The molecule has 0 amide bonds. The summed E-state index contributed by atoms with van der Waals surface area (Å²) < 4.78 is 11.5. The summed E-state index contributed by atoms with van der Waals surface area (Å²) in [4.78, 5) is 48.6. The standard InChI is InChI=1S/C49H77N3O7/c1-32(2)41-35(53)28-49(38(54)31-52(25-24-51(10)26-27-58-11)30-33-14-12-13-23-50-33)22-21-47(8)34(42(41)49)15-16-37-46(7)19-18-39(59-40(55)29-44(3,4)43(56)57)45(5,6)36(46)17-20-48(37,47)9/h12-14,23,32,34,36-39,54H,15-22,24-31H2,1-11H3,(H,56,57)/t34-,36-,37-,38+,39+,46+,47-,48-,49+/m1/s1. The predicted molar refractivity (Wildman–Crippen MR) is 230 cm³/mol. The molecule has 5 aliphatic rings. The zero-order valence-electron chi connectivity index (χ0n) is 38.4. The smallest absolute Gasteiger partial charge is 0.309 e. The second kappa shape index (κ2) is 16.9. The maximum Gasteiger partial charge on any atom is 0.309 e. The summed E-state index contributed by atoms with van der Waals surface area (Å²) in [5, 5.41) is 22.4. The number of Topliss-reactive ketones (excluding diaryl/α,β-unsaturated/α-hetero) is 1. The second-order valence-corrected chi connectivity index (χ2v) is 21.9. The molecule has 6 rings (SSSR count). The quantitative estimate of drug-likeness (QED) is 0.158. The summed E-state index contributed by atoms with van der Waals surface area (Å²) >= 11 is 0. The number of aliphatic carboxylic acids is 1. The van der Waals surface area contributed by atoms with E-state index < -0.39 is 28.9 Å². The normalized spacial score (nSPS) is 34.7. The second-order valence-electron chi connectivity index (χ2n) is 21.9. The maximum absolute atomic E-state index is 14.4. The Balaban J connectivity index is 1.27. The molecule has 2 N–H and O–H groups in total. The summed E-state index contributed by atoms with van der Waals surface area (Å²) in [6, 6.07) is 6.01. The van der Waals surface area contributed by atoms with Crippen molar-refractivity contribution in [2.45, 2.75) is 145 Å². The Kier molecular flexibility index (Phi) is 13.1. The summed E-state index contributed by atoms with van der Waals surface area (Å²) in [6.07, 6.45) is 8.88. The van der Waals surface area contributed by atoms with E-state index in [1.807, 2.05) is 18.3 Å². The molecule has 0 spiro atoms. The Morgan fingerprint density at radius 3 is 2.32 bits per heavy atom. The number of carboxylic acid groups (broad SMARTS) is 1. The van der Waals surface area contributed by atoms with Crippen LogP contribution in [0.15, 0.2) is 35.5 Å². The van der Waals surface area contributed by atoms with Gasteiger partial charge >= 0.3 is 11.9 Å². The number of carbonyl (C=O) groups excluding carboxylic acids is 2. The fourth-order valence-electron chi connectivity index (χ4n) is 14.0. The van der Waals surface area contributed by atoms with Gasteiger partial charge in [-0.05, 0) is 130 Å². The van der Waals surface area contributed by atoms with Crippen molar-refractivity contribution in [3.05, 3.63) is 41.2 Å². The van der Waals surface area contributed by atoms with Crippen LogP contribution in [-0.2, 0) is 30.4 Å². The molecular formula is C49H77N3O7. The minimum absolute atomic E-state index is 0.0297. The largest absolute Gasteiger partial charge is 0.481 e. The average Bonchev–Trinajstić information content (AvgIpc) is 3.48. The van der Waals surface area contributed by atoms with Crippen LogP contribution in [0, 0.1) is 56.2 Å². The van der Waals surface area contributed by atoms with Gasteiger partial charge in [-0.3, -0.25) is 24.3 Å². The Bertz CT molecular complexity index is 1740. The lowest BCUT2D eigenvalue weighted by molar-refractivity contribution is -0.235. The summed E-state index contributed by atoms with van der Waals surface area (Å²) in [5.74, 6) is -0.0378. The number of hydrogen-bond donors (Lipinski definition) is 2. The fourth-order valence-corrected chi connectivity index (χ4v) is 14.0. The Morgan fingerprint density at radius 2 is 1.68 bits per heavy atom. The van der Waals surface area contributed by atoms with Gasteiger partial charge in [-0.1, -0.05) is 60.1 Å². The molecule has 0 bridgehead atoms. The molecule has 1 aromatic rings. The number of likely N-dealkylation sites (N-methyl/N-ethyl adjacent to an activating group) is 1. The number of aliphatic hydroxyl groups excluding tert-OH is 1. The van der Waals surface area contributed by atoms with Crippen LogP contribution < -0.4 is 0 Å². The van der Waals surface area contributed by atoms with Gasteiger partial charge in [0.05, 0.1) is 30.2 Å². The fraction of sp³-hybridized carbons (Fsp3) is 0.796. The molecule has 0 aromatic carbocycles. The van der Waals surface area contributed by atoms with Gasteiger partial charge in [0.2, 0.25) is 0 Å². The van der Waals surface area contributed by atoms with Crippen molar-refractivity contribution in [2.75, 3.05) is 46.9 Å². The Labute approximate surface area is 355 Å². The van der Waals surface area contributed by atoms with Crippen molar-refractivity contribution in [2.24, 2.45) is 56.2 Å². The van der Waals surface area contributed by atoms with Gasteiger partial charge in [0, 0.05) is 63.3 Å². The van der Waals surface area contributed by atoms with Crippen molar-refractivity contribution in [3.63, 3.8) is 0 Å². The van der Waals surface area contributed by atoms with E-state index >= 15 is 0 Å². The zero-order chi connectivity index (χ0) is 43.3. The molecule has 1 aromatic heterocycles. The first-order valence-electron chi connectivity index (χ1n) is 22.8. The molecule has 0 radical (unpaired) electrons. The average molecular weight is 820 g/mol. The van der Waals surface area contributed by atoms with Crippen LogP contribution in [0.3, 0.4) is 0 Å². The van der Waals surface area contributed by atoms with Crippen LogP contribution in [0.25, 0.3) is 0 Å². The first-order valence-corrected chi connectivity index (χ1v) is 22.8. The molecule has 0 aliphatic heterocycles. The number of fused-ring (bicyclic) bond motifs is 7. The first kappa shape index (κ1) is 45.9. The first-order chi connectivity index (χ1) is 27.6. The number of aliphatic hydroxyl groups is 1. The molecule has 9 atom stereocenters. The monoisotopic (exact) mass is 820 g/mol. The summed E-state index contributed by atoms with van der Waals surface area (Å²) in [6.45, 7) is 23.9. The molecule has 330 valence electrons. The van der Waals surface area contributed by atoms with Gasteiger partial charge in [0.25, 0.3) is 0 Å². The molecule has 4 fully saturated rings. The molecule has 10 heteroatoms. The van der Waals surface area contributed by atoms with E-state index in [1.54, 1.807) is 21.0 Å². The number of pyridine rings is 1. The van der Waals surface area contributed by atoms with Crippen LogP contribution >= 0.6 is 0 Å². The van der Waals surface area contributed by atoms with Gasteiger partial charge in [0.1, 0.15) is 6.10 Å². The van der Waals surface area contributed by atoms with Crippen molar-refractivity contribution in [3.8, 4) is 0 Å². The van der Waals surface area contributed by atoms with Gasteiger partial charge in [-0.2, -0.15) is 0 Å². The van der Waals surface area contributed by atoms with Crippen LogP contribution in [-0.4, -0.2) is 102 Å². The van der Waals surface area contributed by atoms with Gasteiger partial charge in [-0.25, -0.2) is 0 Å². The van der Waals surface area contributed by atoms with Crippen molar-refractivity contribution in [1.82, 2.24) is 14.8 Å². The number of nitrogens with zero attached hydrogens (tertiary/aromatic N) is 3. The van der Waals surface area contributed by atoms with Crippen molar-refractivity contribution < 1.29 is 34.1 Å². The number of allylic oxidation sites excluding steroid dienone is 1. The lowest BCUT2D eigenvalue weighted by Gasteiger charge is -2.72. The number of esters is 1. The number of methoxy groups -OCH3 is 1. The van der Waals surface area contributed by atoms with E-state index in [4.69, 9.17) is 9.47 Å². The van der Waals surface area contributed by atoms with E-state index in [1.165, 1.54) is 5.57 Å². The van der Waals surface area contributed by atoms with Crippen LogP contribution in [0.5, 0.6) is 0 Å². The number of carbonyl (C=O) groups is 3. The maximum atomic E-state index is 14.4. The van der Waals surface area contributed by atoms with Crippen molar-refractivity contribution in [1.29, 1.82) is 0 Å². The third-order valence-electron chi connectivity index (χ3n) is 17.5. The highest BCUT2D eigenvalue weighted by Gasteiger charge is 2.71. The molecule has 10 nitrogen and oxygen atoms in total. The molecule has 1 heterocycles. The van der Waals surface area contributed by atoms with Crippen LogP contribution in [0.4, 0.5) is 0 Å². The number of carboxylic acids is 1. The van der Waals surface area contributed by atoms with Crippen LogP contribution in [0.2, 0.25) is 0 Å². The summed E-state index contributed by atoms with van der Waals surface area (Å²) in [7, 11) is 3.84.